The normalized spacial score (nSPS) is 10.1. The molecule has 114 valence electrons. The predicted octanol–water partition coefficient (Wildman–Crippen LogP) is 4.50. The van der Waals surface area contributed by atoms with E-state index in [1.807, 2.05) is 18.2 Å². The van der Waals surface area contributed by atoms with Crippen LogP contribution >= 0.6 is 11.3 Å². The molecule has 0 saturated heterocycles. The Kier molecular flexibility index (Phi) is 4.09. The first-order valence-corrected chi connectivity index (χ1v) is 7.42. The number of ether oxygens (including phenoxy) is 1. The van der Waals surface area contributed by atoms with Crippen LogP contribution in [0.5, 0.6) is 5.75 Å². The van der Waals surface area contributed by atoms with Crippen LogP contribution in [0.2, 0.25) is 0 Å². The Labute approximate surface area is 135 Å². The van der Waals surface area contributed by atoms with E-state index in [0.717, 1.165) is 16.0 Å². The van der Waals surface area contributed by atoms with Crippen LogP contribution in [0.25, 0.3) is 20.7 Å². The van der Waals surface area contributed by atoms with Crippen LogP contribution in [-0.4, -0.2) is 18.0 Å². The van der Waals surface area contributed by atoms with Crippen LogP contribution in [0, 0.1) is 0 Å². The Bertz CT molecular complexity index is 913. The summed E-state index contributed by atoms with van der Waals surface area (Å²) in [4.78, 5) is 19.3. The largest absolute Gasteiger partial charge is 0.497 e. The van der Waals surface area contributed by atoms with Gasteiger partial charge < -0.3 is 4.74 Å². The summed E-state index contributed by atoms with van der Waals surface area (Å²) in [5.74, 6) is 0.469. The lowest BCUT2D eigenvalue weighted by atomic mass is 10.2. The Hall–Kier alpha value is -3.09. The van der Waals surface area contributed by atoms with Crippen molar-refractivity contribution in [2.75, 3.05) is 12.4 Å². The van der Waals surface area contributed by atoms with Crippen molar-refractivity contribution in [1.29, 1.82) is 0 Å². The van der Waals surface area contributed by atoms with Gasteiger partial charge >= 0.3 is 0 Å². The summed E-state index contributed by atoms with van der Waals surface area (Å²) in [6.07, 6.45) is 0. The number of aromatic nitrogens is 1. The minimum Gasteiger partial charge on any atom is -0.497 e. The Morgan fingerprint density at radius 2 is 2.09 bits per heavy atom. The Balaban J connectivity index is 1.80. The van der Waals surface area contributed by atoms with Crippen molar-refractivity contribution in [3.05, 3.63) is 58.5 Å². The van der Waals surface area contributed by atoms with Crippen molar-refractivity contribution in [2.45, 2.75) is 0 Å². The van der Waals surface area contributed by atoms with Gasteiger partial charge in [-0.1, -0.05) is 28.6 Å². The second-order valence-corrected chi connectivity index (χ2v) is 5.57. The van der Waals surface area contributed by atoms with Gasteiger partial charge in [-0.15, -0.1) is 0 Å². The first-order valence-electron chi connectivity index (χ1n) is 6.60. The SMILES string of the molecule is COc1ccc2nc(NC(=O)c3ccc(N=[N+]=[N-])cc3)sc2c1. The molecule has 1 amide bonds. The number of fused-ring (bicyclic) bond motifs is 1. The maximum atomic E-state index is 12.2. The first kappa shape index (κ1) is 14.8. The zero-order valence-electron chi connectivity index (χ0n) is 12.1. The highest BCUT2D eigenvalue weighted by molar-refractivity contribution is 7.22. The quantitative estimate of drug-likeness (QED) is 0.434. The molecule has 2 aromatic carbocycles. The lowest BCUT2D eigenvalue weighted by Gasteiger charge is -2.01. The van der Waals surface area contributed by atoms with E-state index in [-0.39, 0.29) is 5.91 Å². The van der Waals surface area contributed by atoms with Gasteiger partial charge in [0, 0.05) is 16.2 Å². The van der Waals surface area contributed by atoms with Crippen LogP contribution < -0.4 is 10.1 Å². The topological polar surface area (TPSA) is 100.0 Å². The molecule has 8 heteroatoms. The lowest BCUT2D eigenvalue weighted by Crippen LogP contribution is -2.11. The molecule has 0 radical (unpaired) electrons. The van der Waals surface area contributed by atoms with E-state index in [9.17, 15) is 4.79 Å². The number of hydrogen-bond acceptors (Lipinski definition) is 5. The third kappa shape index (κ3) is 3.23. The van der Waals surface area contributed by atoms with Crippen molar-refractivity contribution in [3.8, 4) is 5.75 Å². The molecule has 0 aliphatic carbocycles. The van der Waals surface area contributed by atoms with Gasteiger partial charge in [0.2, 0.25) is 0 Å². The summed E-state index contributed by atoms with van der Waals surface area (Å²) >= 11 is 1.37. The van der Waals surface area contributed by atoms with E-state index in [1.165, 1.54) is 11.3 Å². The minimum absolute atomic E-state index is 0.275. The van der Waals surface area contributed by atoms with Crippen molar-refractivity contribution >= 4 is 38.3 Å². The molecule has 0 bridgehead atoms. The number of hydrogen-bond donors (Lipinski definition) is 1. The van der Waals surface area contributed by atoms with Gasteiger partial charge in [-0.3, -0.25) is 10.1 Å². The van der Waals surface area contributed by atoms with Gasteiger partial charge in [0.25, 0.3) is 5.91 Å². The van der Waals surface area contributed by atoms with E-state index in [4.69, 9.17) is 10.3 Å². The third-order valence-corrected chi connectivity index (χ3v) is 4.04. The number of nitrogens with zero attached hydrogens (tertiary/aromatic N) is 4. The van der Waals surface area contributed by atoms with E-state index < -0.39 is 0 Å². The summed E-state index contributed by atoms with van der Waals surface area (Å²) < 4.78 is 6.10. The number of azide groups is 1. The van der Waals surface area contributed by atoms with E-state index in [0.29, 0.717) is 16.4 Å². The number of nitrogens with one attached hydrogen (secondary N) is 1. The van der Waals surface area contributed by atoms with Crippen LogP contribution in [-0.2, 0) is 0 Å². The molecule has 1 heterocycles. The number of benzene rings is 2. The van der Waals surface area contributed by atoms with E-state index >= 15 is 0 Å². The van der Waals surface area contributed by atoms with Gasteiger partial charge in [0.1, 0.15) is 5.75 Å². The number of thiazole rings is 1. The zero-order valence-corrected chi connectivity index (χ0v) is 12.9. The van der Waals surface area contributed by atoms with Crippen LogP contribution in [0.4, 0.5) is 10.8 Å². The molecule has 23 heavy (non-hydrogen) atoms. The van der Waals surface area contributed by atoms with Crippen molar-refractivity contribution in [3.63, 3.8) is 0 Å². The number of amides is 1. The first-order chi connectivity index (χ1) is 11.2. The standard InChI is InChI=1S/C15H11N5O2S/c1-22-11-6-7-12-13(8-11)23-15(17-12)18-14(21)9-2-4-10(5-3-9)19-20-16/h2-8H,1H3,(H,17,18,21). The average molecular weight is 325 g/mol. The molecule has 1 aromatic heterocycles. The molecule has 3 rings (SSSR count). The number of carbonyl (C=O) groups is 1. The van der Waals surface area contributed by atoms with Crippen LogP contribution in [0.15, 0.2) is 47.6 Å². The fourth-order valence-corrected chi connectivity index (χ4v) is 2.88. The van der Waals surface area contributed by atoms with Crippen LogP contribution in [0.1, 0.15) is 10.4 Å². The van der Waals surface area contributed by atoms with Gasteiger partial charge in [-0.2, -0.15) is 0 Å². The second-order valence-electron chi connectivity index (χ2n) is 4.54. The van der Waals surface area contributed by atoms with E-state index in [1.54, 1.807) is 31.4 Å². The maximum absolute atomic E-state index is 12.2. The van der Waals surface area contributed by atoms with Crippen molar-refractivity contribution in [1.82, 2.24) is 4.98 Å². The van der Waals surface area contributed by atoms with Gasteiger partial charge in [0.05, 0.1) is 17.3 Å². The summed E-state index contributed by atoms with van der Waals surface area (Å²) in [6, 6.07) is 11.9. The smallest absolute Gasteiger partial charge is 0.257 e. The minimum atomic E-state index is -0.275. The van der Waals surface area contributed by atoms with Gasteiger partial charge in [-0.05, 0) is 35.9 Å². The molecule has 3 aromatic rings. The lowest BCUT2D eigenvalue weighted by molar-refractivity contribution is 0.102. The molecule has 0 aliphatic rings. The fraction of sp³-hybridized carbons (Fsp3) is 0.0667. The zero-order chi connectivity index (χ0) is 16.2. The van der Waals surface area contributed by atoms with E-state index in [2.05, 4.69) is 20.3 Å². The monoisotopic (exact) mass is 325 g/mol. The molecular formula is C15H11N5O2S. The number of anilines is 1. The summed E-state index contributed by atoms with van der Waals surface area (Å²) in [7, 11) is 1.60. The third-order valence-electron chi connectivity index (χ3n) is 3.11. The summed E-state index contributed by atoms with van der Waals surface area (Å²) in [6.45, 7) is 0. The number of methoxy groups -OCH3 is 1. The molecular weight excluding hydrogens is 314 g/mol. The van der Waals surface area contributed by atoms with Gasteiger partial charge in [-0.25, -0.2) is 4.98 Å². The highest BCUT2D eigenvalue weighted by atomic mass is 32.1. The van der Waals surface area contributed by atoms with Crippen molar-refractivity contribution in [2.24, 2.45) is 5.11 Å². The van der Waals surface area contributed by atoms with Gasteiger partial charge in [0.15, 0.2) is 5.13 Å². The molecule has 0 spiro atoms. The molecule has 0 unspecified atom stereocenters. The average Bonchev–Trinajstić information content (AvgIpc) is 2.96. The maximum Gasteiger partial charge on any atom is 0.257 e. The summed E-state index contributed by atoms with van der Waals surface area (Å²) in [5.41, 5.74) is 10.1. The highest BCUT2D eigenvalue weighted by Gasteiger charge is 2.10. The summed E-state index contributed by atoms with van der Waals surface area (Å²) in [5, 5.41) is 6.74. The molecule has 0 aliphatic heterocycles. The molecule has 7 nitrogen and oxygen atoms in total. The Morgan fingerprint density at radius 1 is 1.30 bits per heavy atom. The Morgan fingerprint density at radius 3 is 2.78 bits per heavy atom. The molecule has 0 saturated carbocycles. The number of rotatable bonds is 4. The highest BCUT2D eigenvalue weighted by Crippen LogP contribution is 2.29. The van der Waals surface area contributed by atoms with Crippen molar-refractivity contribution < 1.29 is 9.53 Å². The molecule has 0 atom stereocenters. The fourth-order valence-electron chi connectivity index (χ4n) is 1.99. The second kappa shape index (κ2) is 6.35. The molecule has 1 N–H and O–H groups in total. The molecule has 0 fully saturated rings. The van der Waals surface area contributed by atoms with Crippen LogP contribution in [0.3, 0.4) is 0 Å². The predicted molar refractivity (Wildman–Crippen MR) is 89.4 cm³/mol. The number of carbonyl (C=O) groups excluding carboxylic acids is 1.